The van der Waals surface area contributed by atoms with Crippen LogP contribution in [-0.4, -0.2) is 27.8 Å². The number of non-ortho nitro benzene ring substituents is 1. The van der Waals surface area contributed by atoms with E-state index in [0.717, 1.165) is 9.37 Å². The van der Waals surface area contributed by atoms with Crippen LogP contribution in [0.15, 0.2) is 46.9 Å². The number of rotatable bonds is 4. The van der Waals surface area contributed by atoms with Gasteiger partial charge in [-0.25, -0.2) is 9.69 Å². The van der Waals surface area contributed by atoms with E-state index in [0.29, 0.717) is 11.1 Å². The van der Waals surface area contributed by atoms with E-state index in [4.69, 9.17) is 0 Å². The van der Waals surface area contributed by atoms with Gasteiger partial charge in [-0.3, -0.25) is 14.9 Å². The van der Waals surface area contributed by atoms with Gasteiger partial charge in [0, 0.05) is 22.6 Å². The number of hydrogen-bond acceptors (Lipinski definition) is 4. The Morgan fingerprint density at radius 2 is 1.74 bits per heavy atom. The molecule has 1 aliphatic rings. The number of carbonyl (C=O) groups is 2. The Bertz CT molecular complexity index is 927. The molecule has 8 heteroatoms. The SMILES string of the molecule is Cc1ccc([N+](=O)[O-])cc1N1C(=O)C(c2ccc(Br)cc2)N(C(C)C)C1=O. The number of benzene rings is 2. The van der Waals surface area contributed by atoms with Crippen LogP contribution in [0.4, 0.5) is 16.2 Å². The summed E-state index contributed by atoms with van der Waals surface area (Å²) in [5.41, 5.74) is 1.38. The average Bonchev–Trinajstić information content (AvgIpc) is 2.87. The Morgan fingerprint density at radius 3 is 2.30 bits per heavy atom. The second kappa shape index (κ2) is 7.11. The lowest BCUT2D eigenvalue weighted by molar-refractivity contribution is -0.384. The molecule has 7 nitrogen and oxygen atoms in total. The van der Waals surface area contributed by atoms with E-state index in [1.54, 1.807) is 25.1 Å². The quantitative estimate of drug-likeness (QED) is 0.402. The highest BCUT2D eigenvalue weighted by atomic mass is 79.9. The Hall–Kier alpha value is -2.74. The van der Waals surface area contributed by atoms with Crippen molar-refractivity contribution in [3.05, 3.63) is 68.2 Å². The molecular weight excluding hydrogens is 414 g/mol. The fourth-order valence-electron chi connectivity index (χ4n) is 3.20. The second-order valence-electron chi connectivity index (χ2n) is 6.64. The lowest BCUT2D eigenvalue weighted by Crippen LogP contribution is -2.37. The summed E-state index contributed by atoms with van der Waals surface area (Å²) in [6, 6.07) is 9.90. The molecule has 2 aromatic rings. The summed E-state index contributed by atoms with van der Waals surface area (Å²) in [7, 11) is 0. The molecular formula is C19H18BrN3O4. The first kappa shape index (κ1) is 19.0. The molecule has 3 rings (SSSR count). The van der Waals surface area contributed by atoms with Gasteiger partial charge in [-0.05, 0) is 44.0 Å². The van der Waals surface area contributed by atoms with Gasteiger partial charge in [-0.2, -0.15) is 0 Å². The smallest absolute Gasteiger partial charge is 0.305 e. The number of amides is 3. The van der Waals surface area contributed by atoms with Crippen molar-refractivity contribution in [2.24, 2.45) is 0 Å². The van der Waals surface area contributed by atoms with Crippen molar-refractivity contribution in [1.82, 2.24) is 4.90 Å². The van der Waals surface area contributed by atoms with E-state index >= 15 is 0 Å². The predicted molar refractivity (Wildman–Crippen MR) is 105 cm³/mol. The monoisotopic (exact) mass is 431 g/mol. The fourth-order valence-corrected chi connectivity index (χ4v) is 3.47. The maximum Gasteiger partial charge on any atom is 0.332 e. The average molecular weight is 432 g/mol. The molecule has 1 heterocycles. The maximum absolute atomic E-state index is 13.2. The first-order chi connectivity index (χ1) is 12.7. The molecule has 0 spiro atoms. The third-order valence-electron chi connectivity index (χ3n) is 4.53. The molecule has 3 amide bonds. The van der Waals surface area contributed by atoms with Crippen molar-refractivity contribution in [2.75, 3.05) is 4.90 Å². The van der Waals surface area contributed by atoms with Gasteiger partial charge >= 0.3 is 6.03 Å². The van der Waals surface area contributed by atoms with Gasteiger partial charge in [-0.15, -0.1) is 0 Å². The molecule has 0 aliphatic carbocycles. The topological polar surface area (TPSA) is 83.8 Å². The van der Waals surface area contributed by atoms with Gasteiger partial charge < -0.3 is 4.90 Å². The number of imide groups is 1. The summed E-state index contributed by atoms with van der Waals surface area (Å²) in [5, 5.41) is 11.1. The van der Waals surface area contributed by atoms with Gasteiger partial charge in [0.1, 0.15) is 6.04 Å². The van der Waals surface area contributed by atoms with Crippen LogP contribution < -0.4 is 4.90 Å². The van der Waals surface area contributed by atoms with Crippen LogP contribution in [0.2, 0.25) is 0 Å². The molecule has 1 saturated heterocycles. The number of nitrogens with zero attached hydrogens (tertiary/aromatic N) is 3. The highest BCUT2D eigenvalue weighted by Crippen LogP contribution is 2.38. The Morgan fingerprint density at radius 1 is 1.11 bits per heavy atom. The van der Waals surface area contributed by atoms with Crippen molar-refractivity contribution in [3.63, 3.8) is 0 Å². The molecule has 1 aliphatic heterocycles. The van der Waals surface area contributed by atoms with Crippen molar-refractivity contribution in [3.8, 4) is 0 Å². The van der Waals surface area contributed by atoms with Crippen LogP contribution >= 0.6 is 15.9 Å². The first-order valence-electron chi connectivity index (χ1n) is 8.39. The zero-order valence-corrected chi connectivity index (χ0v) is 16.6. The van der Waals surface area contributed by atoms with Crippen LogP contribution in [0.25, 0.3) is 0 Å². The van der Waals surface area contributed by atoms with Crippen LogP contribution in [0.5, 0.6) is 0 Å². The van der Waals surface area contributed by atoms with E-state index < -0.39 is 22.9 Å². The molecule has 0 saturated carbocycles. The fraction of sp³-hybridized carbons (Fsp3) is 0.263. The molecule has 1 atom stereocenters. The zero-order valence-electron chi connectivity index (χ0n) is 15.0. The number of urea groups is 1. The lowest BCUT2D eigenvalue weighted by Gasteiger charge is -2.26. The van der Waals surface area contributed by atoms with Crippen LogP contribution in [0.1, 0.15) is 31.0 Å². The number of carbonyl (C=O) groups excluding carboxylic acids is 2. The predicted octanol–water partition coefficient (Wildman–Crippen LogP) is 4.58. The van der Waals surface area contributed by atoms with Crippen LogP contribution in [0.3, 0.4) is 0 Å². The van der Waals surface area contributed by atoms with E-state index in [9.17, 15) is 19.7 Å². The molecule has 27 heavy (non-hydrogen) atoms. The highest BCUT2D eigenvalue weighted by molar-refractivity contribution is 9.10. The number of nitro benzene ring substituents is 1. The molecule has 2 aromatic carbocycles. The third-order valence-corrected chi connectivity index (χ3v) is 5.06. The summed E-state index contributed by atoms with van der Waals surface area (Å²) in [6.07, 6.45) is 0. The Labute approximate surface area is 164 Å². The first-order valence-corrected chi connectivity index (χ1v) is 9.18. The van der Waals surface area contributed by atoms with Gasteiger partial charge in [0.15, 0.2) is 0 Å². The number of nitro groups is 1. The summed E-state index contributed by atoms with van der Waals surface area (Å²) in [5.74, 6) is -0.417. The van der Waals surface area contributed by atoms with Crippen LogP contribution in [0, 0.1) is 17.0 Å². The van der Waals surface area contributed by atoms with Crippen molar-refractivity contribution in [1.29, 1.82) is 0 Å². The molecule has 0 bridgehead atoms. The highest BCUT2D eigenvalue weighted by Gasteiger charge is 2.48. The van der Waals surface area contributed by atoms with Gasteiger partial charge in [0.2, 0.25) is 0 Å². The van der Waals surface area contributed by atoms with Crippen molar-refractivity contribution >= 4 is 39.2 Å². The van der Waals surface area contributed by atoms with Gasteiger partial charge in [-0.1, -0.05) is 34.1 Å². The maximum atomic E-state index is 13.2. The minimum absolute atomic E-state index is 0.167. The van der Waals surface area contributed by atoms with Crippen LogP contribution in [-0.2, 0) is 4.79 Å². The summed E-state index contributed by atoms with van der Waals surface area (Å²) >= 11 is 3.36. The Balaban J connectivity index is 2.12. The molecule has 0 N–H and O–H groups in total. The van der Waals surface area contributed by atoms with Gasteiger partial charge in [0.05, 0.1) is 10.6 Å². The number of hydrogen-bond donors (Lipinski definition) is 0. The largest absolute Gasteiger partial charge is 0.332 e. The zero-order chi connectivity index (χ0) is 19.9. The summed E-state index contributed by atoms with van der Waals surface area (Å²) in [6.45, 7) is 5.38. The van der Waals surface area contributed by atoms with Crippen molar-refractivity contribution in [2.45, 2.75) is 32.9 Å². The Kier molecular flexibility index (Phi) is 5.01. The molecule has 140 valence electrons. The second-order valence-corrected chi connectivity index (χ2v) is 7.55. The minimum Gasteiger partial charge on any atom is -0.305 e. The standard InChI is InChI=1S/C19H18BrN3O4/c1-11(2)21-17(13-5-7-14(20)8-6-13)18(24)22(19(21)25)16-10-15(23(26)27)9-4-12(16)3/h4-11,17H,1-3H3. The van der Waals surface area contributed by atoms with E-state index in [-0.39, 0.29) is 17.4 Å². The molecule has 0 radical (unpaired) electrons. The minimum atomic E-state index is -0.774. The molecule has 1 unspecified atom stereocenters. The third kappa shape index (κ3) is 3.32. The number of anilines is 1. The molecule has 0 aromatic heterocycles. The summed E-state index contributed by atoms with van der Waals surface area (Å²) in [4.78, 5) is 39.5. The lowest BCUT2D eigenvalue weighted by atomic mass is 10.0. The van der Waals surface area contributed by atoms with E-state index in [2.05, 4.69) is 15.9 Å². The van der Waals surface area contributed by atoms with Crippen molar-refractivity contribution < 1.29 is 14.5 Å². The van der Waals surface area contributed by atoms with Gasteiger partial charge in [0.25, 0.3) is 11.6 Å². The normalized spacial score (nSPS) is 17.1. The number of halogens is 1. The summed E-state index contributed by atoms with van der Waals surface area (Å²) < 4.78 is 0.866. The van der Waals surface area contributed by atoms with E-state index in [1.165, 1.54) is 17.0 Å². The number of aryl methyl sites for hydroxylation is 1. The van der Waals surface area contributed by atoms with E-state index in [1.807, 2.05) is 26.0 Å². The molecule has 1 fully saturated rings.